The molecule has 1 aliphatic heterocycles. The first-order chi connectivity index (χ1) is 11.7. The molecule has 2 atom stereocenters. The summed E-state index contributed by atoms with van der Waals surface area (Å²) in [4.78, 5) is 12.3. The highest BCUT2D eigenvalue weighted by Crippen LogP contribution is 2.33. The summed E-state index contributed by atoms with van der Waals surface area (Å²) in [6.45, 7) is 2.91. The van der Waals surface area contributed by atoms with Gasteiger partial charge in [-0.3, -0.25) is 4.79 Å². The Morgan fingerprint density at radius 1 is 1.04 bits per heavy atom. The SMILES string of the molecule is CC1Oc2ccccc2OC1C(=O)NCCCOc1ccccc1. The van der Waals surface area contributed by atoms with Crippen molar-refractivity contribution in [3.63, 3.8) is 0 Å². The molecule has 1 aliphatic rings. The number of ether oxygens (including phenoxy) is 3. The molecule has 0 fully saturated rings. The maximum absolute atomic E-state index is 12.3. The monoisotopic (exact) mass is 327 g/mol. The van der Waals surface area contributed by atoms with E-state index in [1.54, 1.807) is 6.07 Å². The van der Waals surface area contributed by atoms with Crippen LogP contribution in [-0.2, 0) is 4.79 Å². The Morgan fingerprint density at radius 2 is 1.71 bits per heavy atom. The number of rotatable bonds is 6. The first-order valence-electron chi connectivity index (χ1n) is 8.12. The lowest BCUT2D eigenvalue weighted by atomic mass is 10.1. The molecule has 0 spiro atoms. The lowest BCUT2D eigenvalue weighted by Crippen LogP contribution is -2.49. The van der Waals surface area contributed by atoms with Crippen LogP contribution < -0.4 is 19.5 Å². The zero-order valence-electron chi connectivity index (χ0n) is 13.6. The van der Waals surface area contributed by atoms with E-state index in [0.29, 0.717) is 24.7 Å². The van der Waals surface area contributed by atoms with E-state index >= 15 is 0 Å². The molecule has 1 heterocycles. The van der Waals surface area contributed by atoms with E-state index in [1.807, 2.05) is 55.5 Å². The van der Waals surface area contributed by atoms with Crippen LogP contribution in [-0.4, -0.2) is 31.3 Å². The number of carbonyl (C=O) groups excluding carboxylic acids is 1. The predicted molar refractivity (Wildman–Crippen MR) is 90.5 cm³/mol. The van der Waals surface area contributed by atoms with Crippen LogP contribution in [0.3, 0.4) is 0 Å². The molecule has 0 aromatic heterocycles. The first kappa shape index (κ1) is 16.2. The third-order valence-electron chi connectivity index (χ3n) is 3.73. The van der Waals surface area contributed by atoms with Crippen LogP contribution in [0.5, 0.6) is 17.2 Å². The number of carbonyl (C=O) groups is 1. The van der Waals surface area contributed by atoms with Crippen LogP contribution in [0.4, 0.5) is 0 Å². The van der Waals surface area contributed by atoms with E-state index in [9.17, 15) is 4.79 Å². The molecule has 0 saturated carbocycles. The molecule has 0 aliphatic carbocycles. The van der Waals surface area contributed by atoms with Gasteiger partial charge in [-0.25, -0.2) is 0 Å². The normalized spacial score (nSPS) is 18.7. The Kier molecular flexibility index (Phi) is 5.21. The van der Waals surface area contributed by atoms with Gasteiger partial charge in [-0.05, 0) is 37.6 Å². The van der Waals surface area contributed by atoms with E-state index in [4.69, 9.17) is 14.2 Å². The number of fused-ring (bicyclic) bond motifs is 1. The summed E-state index contributed by atoms with van der Waals surface area (Å²) in [6, 6.07) is 17.0. The van der Waals surface area contributed by atoms with Gasteiger partial charge in [0.1, 0.15) is 11.9 Å². The quantitative estimate of drug-likeness (QED) is 0.829. The van der Waals surface area contributed by atoms with Gasteiger partial charge in [-0.2, -0.15) is 0 Å². The first-order valence-corrected chi connectivity index (χ1v) is 8.12. The zero-order valence-corrected chi connectivity index (χ0v) is 13.6. The van der Waals surface area contributed by atoms with E-state index in [2.05, 4.69) is 5.32 Å². The van der Waals surface area contributed by atoms with Gasteiger partial charge in [0.2, 0.25) is 6.10 Å². The van der Waals surface area contributed by atoms with Crippen molar-refractivity contribution in [3.8, 4) is 17.2 Å². The summed E-state index contributed by atoms with van der Waals surface area (Å²) < 4.78 is 17.1. The molecule has 0 bridgehead atoms. The summed E-state index contributed by atoms with van der Waals surface area (Å²) in [6.07, 6.45) is -0.255. The zero-order chi connectivity index (χ0) is 16.8. The largest absolute Gasteiger partial charge is 0.494 e. The Bertz CT molecular complexity index is 674. The van der Waals surface area contributed by atoms with Crippen LogP contribution in [0.15, 0.2) is 54.6 Å². The summed E-state index contributed by atoms with van der Waals surface area (Å²) in [5.41, 5.74) is 0. The number of hydrogen-bond donors (Lipinski definition) is 1. The average Bonchev–Trinajstić information content (AvgIpc) is 2.61. The highest BCUT2D eigenvalue weighted by atomic mass is 16.6. The molecule has 1 amide bonds. The summed E-state index contributed by atoms with van der Waals surface area (Å²) in [5.74, 6) is 1.93. The third kappa shape index (κ3) is 3.98. The van der Waals surface area contributed by atoms with Gasteiger partial charge in [0, 0.05) is 6.54 Å². The second kappa shape index (κ2) is 7.73. The fraction of sp³-hybridized carbons (Fsp3) is 0.316. The van der Waals surface area contributed by atoms with Crippen LogP contribution in [0.25, 0.3) is 0 Å². The van der Waals surface area contributed by atoms with Gasteiger partial charge in [-0.1, -0.05) is 30.3 Å². The predicted octanol–water partition coefficient (Wildman–Crippen LogP) is 2.80. The molecule has 2 unspecified atom stereocenters. The van der Waals surface area contributed by atoms with Crippen molar-refractivity contribution in [2.75, 3.05) is 13.2 Å². The van der Waals surface area contributed by atoms with Crippen LogP contribution in [0.1, 0.15) is 13.3 Å². The van der Waals surface area contributed by atoms with Crippen molar-refractivity contribution >= 4 is 5.91 Å². The minimum Gasteiger partial charge on any atom is -0.494 e. The Morgan fingerprint density at radius 3 is 2.46 bits per heavy atom. The average molecular weight is 327 g/mol. The van der Waals surface area contributed by atoms with E-state index in [0.717, 1.165) is 12.2 Å². The van der Waals surface area contributed by atoms with E-state index in [1.165, 1.54) is 0 Å². The molecule has 126 valence electrons. The summed E-state index contributed by atoms with van der Waals surface area (Å²) in [5, 5.41) is 2.88. The topological polar surface area (TPSA) is 56.8 Å². The Hall–Kier alpha value is -2.69. The van der Waals surface area contributed by atoms with Gasteiger partial charge in [0.25, 0.3) is 5.91 Å². The molecule has 5 nitrogen and oxygen atoms in total. The number of hydrogen-bond acceptors (Lipinski definition) is 4. The standard InChI is InChI=1S/C19H21NO4/c1-14-18(24-17-11-6-5-10-16(17)23-14)19(21)20-12-7-13-22-15-8-3-2-4-9-15/h2-6,8-11,14,18H,7,12-13H2,1H3,(H,20,21). The van der Waals surface area contributed by atoms with Gasteiger partial charge in [0.05, 0.1) is 6.61 Å². The maximum Gasteiger partial charge on any atom is 0.265 e. The fourth-order valence-electron chi connectivity index (χ4n) is 2.50. The molecule has 24 heavy (non-hydrogen) atoms. The van der Waals surface area contributed by atoms with Crippen molar-refractivity contribution in [2.24, 2.45) is 0 Å². The maximum atomic E-state index is 12.3. The molecule has 3 rings (SSSR count). The minimum absolute atomic E-state index is 0.170. The Labute approximate surface area is 141 Å². The summed E-state index contributed by atoms with van der Waals surface area (Å²) in [7, 11) is 0. The number of amides is 1. The number of nitrogens with one attached hydrogen (secondary N) is 1. The molecule has 2 aromatic carbocycles. The molecule has 0 radical (unpaired) electrons. The van der Waals surface area contributed by atoms with Crippen molar-refractivity contribution in [2.45, 2.75) is 25.6 Å². The molecule has 2 aromatic rings. The molecular weight excluding hydrogens is 306 g/mol. The lowest BCUT2D eigenvalue weighted by molar-refractivity contribution is -0.133. The molecule has 5 heteroatoms. The van der Waals surface area contributed by atoms with Gasteiger partial charge < -0.3 is 19.5 Å². The van der Waals surface area contributed by atoms with Crippen molar-refractivity contribution in [1.82, 2.24) is 5.32 Å². The summed E-state index contributed by atoms with van der Waals surface area (Å²) >= 11 is 0. The highest BCUT2D eigenvalue weighted by molar-refractivity contribution is 5.82. The van der Waals surface area contributed by atoms with Crippen LogP contribution in [0.2, 0.25) is 0 Å². The van der Waals surface area contributed by atoms with Gasteiger partial charge in [0.15, 0.2) is 11.5 Å². The third-order valence-corrected chi connectivity index (χ3v) is 3.73. The van der Waals surface area contributed by atoms with Gasteiger partial charge in [-0.15, -0.1) is 0 Å². The molecule has 0 saturated heterocycles. The van der Waals surface area contributed by atoms with Crippen molar-refractivity contribution < 1.29 is 19.0 Å². The molecule has 1 N–H and O–H groups in total. The van der Waals surface area contributed by atoms with E-state index in [-0.39, 0.29) is 12.0 Å². The van der Waals surface area contributed by atoms with Crippen molar-refractivity contribution in [3.05, 3.63) is 54.6 Å². The van der Waals surface area contributed by atoms with Crippen LogP contribution >= 0.6 is 0 Å². The Balaban J connectivity index is 1.42. The fourth-order valence-corrected chi connectivity index (χ4v) is 2.50. The number of para-hydroxylation sites is 3. The number of benzene rings is 2. The smallest absolute Gasteiger partial charge is 0.265 e. The van der Waals surface area contributed by atoms with Crippen molar-refractivity contribution in [1.29, 1.82) is 0 Å². The lowest BCUT2D eigenvalue weighted by Gasteiger charge is -2.31. The second-order valence-electron chi connectivity index (χ2n) is 5.61. The second-order valence-corrected chi connectivity index (χ2v) is 5.61. The van der Waals surface area contributed by atoms with Crippen LogP contribution in [0, 0.1) is 0 Å². The highest BCUT2D eigenvalue weighted by Gasteiger charge is 2.33. The van der Waals surface area contributed by atoms with E-state index < -0.39 is 6.10 Å². The minimum atomic E-state index is -0.644. The molecular formula is C19H21NO4. The van der Waals surface area contributed by atoms with Gasteiger partial charge >= 0.3 is 0 Å².